The minimum absolute atomic E-state index is 0.00626. The molecular weight excluding hydrogens is 900 g/mol. The number of aliphatic hydroxyl groups excluding tert-OH is 2. The average Bonchev–Trinajstić information content (AvgIpc) is 3.28. The third kappa shape index (κ3) is 8.44. The van der Waals surface area contributed by atoms with Crippen LogP contribution in [0.4, 0.5) is 15.8 Å². The highest BCUT2D eigenvalue weighted by Gasteiger charge is 2.64. The van der Waals surface area contributed by atoms with Crippen LogP contribution < -0.4 is 31.0 Å². The number of nitrogens with one attached hydrogen (secondary N) is 1. The van der Waals surface area contributed by atoms with Crippen LogP contribution in [-0.4, -0.2) is 127 Å². The summed E-state index contributed by atoms with van der Waals surface area (Å²) in [5, 5.41) is 39.0. The number of unbranched alkanes of at least 4 members (excludes halogenated alkanes) is 6. The molecule has 5 aliphatic rings. The van der Waals surface area contributed by atoms with Crippen LogP contribution in [0.2, 0.25) is 0 Å². The fraction of sp³-hybridized carbons (Fsp3) is 0.510. The molecule has 1 saturated heterocycles. The number of nitrogens with two attached hydrogens (primary N) is 1. The summed E-state index contributed by atoms with van der Waals surface area (Å²) in [5.41, 5.74) is 3.51. The molecule has 3 aliphatic carbocycles. The topological polar surface area (TPSA) is 234 Å². The van der Waals surface area contributed by atoms with Gasteiger partial charge in [0.1, 0.15) is 34.2 Å². The van der Waals surface area contributed by atoms with Crippen molar-refractivity contribution in [1.29, 1.82) is 0 Å². The van der Waals surface area contributed by atoms with Crippen molar-refractivity contribution in [2.75, 3.05) is 70.8 Å². The Hall–Kier alpha value is -5.76. The number of aliphatic hydroxyl groups is 3. The quantitative estimate of drug-likeness (QED) is 0.0567. The molecule has 6 N–H and O–H groups in total. The SMILES string of the molecule is CC1Sc2c(C(=O)OCCCCCCCCCC(=O)Oc3ccc(N(C)C)c4c3C(O)=C3C(=O)[C@@]5(O)C(O)=C(C(N)=O)C(=O)[C@H](N(C)C)[C@H]5C[C@H]3C4)c(=O)c3cc(F)c(N4CCNCC4)cc3n21. The lowest BCUT2D eigenvalue weighted by Crippen LogP contribution is -2.65. The van der Waals surface area contributed by atoms with Gasteiger partial charge in [0.15, 0.2) is 11.4 Å². The van der Waals surface area contributed by atoms with Gasteiger partial charge in [-0.1, -0.05) is 43.9 Å². The zero-order valence-electron chi connectivity index (χ0n) is 39.0. The zero-order chi connectivity index (χ0) is 48.9. The smallest absolute Gasteiger partial charge is 0.344 e. The second-order valence-corrected chi connectivity index (χ2v) is 20.1. The summed E-state index contributed by atoms with van der Waals surface area (Å²) in [7, 11) is 6.72. The lowest BCUT2D eigenvalue weighted by Gasteiger charge is -2.50. The first kappa shape index (κ1) is 48.7. The standard InChI is InChI=1S/C49H59FN6O11S/c1-25-56-32-24-33(55-18-16-52-17-19-55)30(50)23-28(32)41(58)39(47(56)68-25)48(64)66-20-12-10-8-6-7-9-11-13-35(57)67-34-15-14-31(53(2)3)27-21-26-22-29-40(54(4)5)43(60)38(46(51)63)45(62)49(29,65)44(61)36(26)42(59)37(27)34/h14-15,23-26,29,40,52,59,62,65H,6-13,16-22H2,1-5H3,(H2,51,63)/t25?,26-,29-,40-,49-/m1/s1. The van der Waals surface area contributed by atoms with Gasteiger partial charge in [-0.3, -0.25) is 28.9 Å². The van der Waals surface area contributed by atoms with Crippen LogP contribution in [0.1, 0.15) is 91.6 Å². The Morgan fingerprint density at radius 2 is 1.66 bits per heavy atom. The number of thioether (sulfide) groups is 1. The molecule has 5 atom stereocenters. The summed E-state index contributed by atoms with van der Waals surface area (Å²) in [6.07, 6.45) is 5.45. The molecule has 2 aliphatic heterocycles. The Labute approximate surface area is 397 Å². The first-order valence-electron chi connectivity index (χ1n) is 23.3. The highest BCUT2D eigenvalue weighted by Crippen LogP contribution is 2.54. The molecule has 2 aromatic carbocycles. The maximum atomic E-state index is 15.4. The highest BCUT2D eigenvalue weighted by molar-refractivity contribution is 8.00. The van der Waals surface area contributed by atoms with Crippen molar-refractivity contribution in [2.45, 2.75) is 93.2 Å². The number of halogens is 1. The van der Waals surface area contributed by atoms with E-state index in [4.69, 9.17) is 15.2 Å². The van der Waals surface area contributed by atoms with Crippen LogP contribution in [-0.2, 0) is 30.3 Å². The number of hydrogen-bond acceptors (Lipinski definition) is 16. The monoisotopic (exact) mass is 958 g/mol. The molecule has 3 heterocycles. The van der Waals surface area contributed by atoms with E-state index in [1.165, 1.54) is 28.8 Å². The number of fused-ring (bicyclic) bond motifs is 6. The van der Waals surface area contributed by atoms with Gasteiger partial charge in [0, 0.05) is 69.3 Å². The first-order chi connectivity index (χ1) is 32.4. The Kier molecular flexibility index (Phi) is 13.8. The Balaban J connectivity index is 0.838. The molecule has 364 valence electrons. The number of benzene rings is 2. The number of primary amides is 1. The number of esters is 2. The lowest BCUT2D eigenvalue weighted by molar-refractivity contribution is -0.153. The highest BCUT2D eigenvalue weighted by atomic mass is 32.2. The van der Waals surface area contributed by atoms with Crippen molar-refractivity contribution < 1.29 is 53.2 Å². The van der Waals surface area contributed by atoms with Crippen molar-refractivity contribution in [3.05, 3.63) is 73.9 Å². The number of piperazine rings is 1. The van der Waals surface area contributed by atoms with Crippen molar-refractivity contribution in [3.8, 4) is 5.75 Å². The predicted octanol–water partition coefficient (Wildman–Crippen LogP) is 4.70. The minimum Gasteiger partial charge on any atom is -0.508 e. The molecule has 1 amide bonds. The number of nitrogens with zero attached hydrogens (tertiary/aromatic N) is 4. The van der Waals surface area contributed by atoms with E-state index in [1.807, 2.05) is 21.3 Å². The molecule has 68 heavy (non-hydrogen) atoms. The summed E-state index contributed by atoms with van der Waals surface area (Å²) in [5.74, 6) is -8.43. The third-order valence-corrected chi connectivity index (χ3v) is 15.2. The van der Waals surface area contributed by atoms with Gasteiger partial charge in [0.25, 0.3) is 5.91 Å². The number of pyridine rings is 1. The molecule has 2 fully saturated rings. The van der Waals surface area contributed by atoms with E-state index in [2.05, 4.69) is 5.32 Å². The molecule has 0 spiro atoms. The summed E-state index contributed by atoms with van der Waals surface area (Å²) in [6, 6.07) is 5.08. The van der Waals surface area contributed by atoms with Gasteiger partial charge < -0.3 is 50.2 Å². The van der Waals surface area contributed by atoms with E-state index < -0.39 is 81.2 Å². The van der Waals surface area contributed by atoms with Crippen molar-refractivity contribution in [3.63, 3.8) is 0 Å². The van der Waals surface area contributed by atoms with Crippen molar-refractivity contribution in [2.24, 2.45) is 17.6 Å². The fourth-order valence-electron chi connectivity index (χ4n) is 10.7. The maximum Gasteiger partial charge on any atom is 0.344 e. The van der Waals surface area contributed by atoms with Crippen LogP contribution in [0, 0.1) is 17.7 Å². The number of Topliss-reactive ketones (excluding diaryl/α,β-unsaturated/α-hetero) is 2. The van der Waals surface area contributed by atoms with E-state index in [9.17, 15) is 44.1 Å². The summed E-state index contributed by atoms with van der Waals surface area (Å²) >= 11 is 1.41. The van der Waals surface area contributed by atoms with Gasteiger partial charge in [-0.05, 0) is 82.4 Å². The average molecular weight is 959 g/mol. The summed E-state index contributed by atoms with van der Waals surface area (Å²) < 4.78 is 28.7. The second-order valence-electron chi connectivity index (χ2n) is 18.8. The Morgan fingerprint density at radius 1 is 0.985 bits per heavy atom. The number of likely N-dealkylation sites (N-methyl/N-ethyl adjacent to an activating group) is 1. The number of hydrogen-bond donors (Lipinski definition) is 5. The van der Waals surface area contributed by atoms with E-state index in [-0.39, 0.29) is 59.1 Å². The minimum atomic E-state index is -2.73. The fourth-order valence-corrected chi connectivity index (χ4v) is 11.9. The molecular formula is C49H59FN6O11S. The third-order valence-electron chi connectivity index (χ3n) is 14.1. The van der Waals surface area contributed by atoms with Crippen molar-refractivity contribution in [1.82, 2.24) is 14.8 Å². The molecule has 1 unspecified atom stereocenters. The number of anilines is 2. The number of carbonyl (C=O) groups is 5. The lowest BCUT2D eigenvalue weighted by atomic mass is 9.57. The number of carbonyl (C=O) groups excluding carboxylic acids is 5. The van der Waals surface area contributed by atoms with E-state index >= 15 is 4.39 Å². The molecule has 8 rings (SSSR count). The predicted molar refractivity (Wildman–Crippen MR) is 254 cm³/mol. The molecule has 1 aromatic heterocycles. The maximum absolute atomic E-state index is 15.4. The van der Waals surface area contributed by atoms with E-state index in [0.717, 1.165) is 45.2 Å². The second kappa shape index (κ2) is 19.3. The van der Waals surface area contributed by atoms with Gasteiger partial charge in [-0.2, -0.15) is 0 Å². The van der Waals surface area contributed by atoms with Crippen LogP contribution in [0.15, 0.2) is 51.0 Å². The molecule has 17 nitrogen and oxygen atoms in total. The normalized spacial score (nSPS) is 23.2. The van der Waals surface area contributed by atoms with Crippen LogP contribution in [0.25, 0.3) is 16.7 Å². The van der Waals surface area contributed by atoms with Gasteiger partial charge in [0.05, 0.1) is 39.8 Å². The molecule has 3 aromatic rings. The van der Waals surface area contributed by atoms with Gasteiger partial charge >= 0.3 is 11.9 Å². The van der Waals surface area contributed by atoms with Gasteiger partial charge in [-0.15, -0.1) is 0 Å². The van der Waals surface area contributed by atoms with E-state index in [0.29, 0.717) is 53.4 Å². The summed E-state index contributed by atoms with van der Waals surface area (Å²) in [6.45, 7) is 4.88. The number of ether oxygens (including phenoxy) is 2. The molecule has 0 radical (unpaired) electrons. The Morgan fingerprint density at radius 3 is 2.31 bits per heavy atom. The first-order valence-corrected chi connectivity index (χ1v) is 24.2. The molecule has 1 saturated carbocycles. The number of ketones is 2. The summed E-state index contributed by atoms with van der Waals surface area (Å²) in [4.78, 5) is 85.5. The van der Waals surface area contributed by atoms with Crippen LogP contribution in [0.3, 0.4) is 0 Å². The Bertz CT molecular complexity index is 2730. The number of amides is 1. The van der Waals surface area contributed by atoms with Crippen LogP contribution in [0.5, 0.6) is 5.75 Å². The largest absolute Gasteiger partial charge is 0.508 e. The molecule has 0 bridgehead atoms. The number of aromatic nitrogens is 1. The van der Waals surface area contributed by atoms with E-state index in [1.54, 1.807) is 40.3 Å². The molecule has 19 heteroatoms. The van der Waals surface area contributed by atoms with Crippen molar-refractivity contribution >= 4 is 69.2 Å². The number of rotatable bonds is 16. The van der Waals surface area contributed by atoms with Gasteiger partial charge in [-0.25, -0.2) is 9.18 Å². The van der Waals surface area contributed by atoms with Gasteiger partial charge in [0.2, 0.25) is 11.2 Å². The zero-order valence-corrected chi connectivity index (χ0v) is 39.8. The van der Waals surface area contributed by atoms with Crippen LogP contribution >= 0.6 is 11.8 Å².